The Kier molecular flexibility index (Phi) is 7.14. The smallest absolute Gasteiger partial charge is 0.257 e. The zero-order chi connectivity index (χ0) is 21.5. The maximum Gasteiger partial charge on any atom is 0.257 e. The first-order valence-corrected chi connectivity index (χ1v) is 9.90. The van der Waals surface area contributed by atoms with Gasteiger partial charge in [-0.15, -0.1) is 0 Å². The van der Waals surface area contributed by atoms with E-state index in [-0.39, 0.29) is 17.8 Å². The quantitative estimate of drug-likeness (QED) is 0.492. The minimum atomic E-state index is -0.318. The summed E-state index contributed by atoms with van der Waals surface area (Å²) in [5.74, 6) is 0.567. The lowest BCUT2D eigenvalue weighted by molar-refractivity contribution is 0.0632. The molecule has 3 aromatic rings. The van der Waals surface area contributed by atoms with E-state index < -0.39 is 0 Å². The van der Waals surface area contributed by atoms with Gasteiger partial charge in [0.05, 0.1) is 23.1 Å². The lowest BCUT2D eigenvalue weighted by Gasteiger charge is -2.14. The second-order valence-electron chi connectivity index (χ2n) is 6.92. The molecule has 1 heterocycles. The molecule has 0 fully saturated rings. The average Bonchev–Trinajstić information content (AvgIpc) is 2.74. The van der Waals surface area contributed by atoms with E-state index in [4.69, 9.17) is 9.47 Å². The molecule has 5 nitrogen and oxygen atoms in total. The molecule has 1 unspecified atom stereocenters. The third-order valence-corrected chi connectivity index (χ3v) is 4.50. The Labute approximate surface area is 175 Å². The number of nitrogens with zero attached hydrogens (tertiary/aromatic N) is 1. The number of carbonyl (C=O) groups is 1. The molecule has 156 valence electrons. The van der Waals surface area contributed by atoms with Gasteiger partial charge in [-0.1, -0.05) is 6.92 Å². The highest BCUT2D eigenvalue weighted by molar-refractivity contribution is 6.05. The molecule has 1 atom stereocenters. The number of aryl methyl sites for hydroxylation is 1. The van der Waals surface area contributed by atoms with Crippen LogP contribution in [-0.4, -0.2) is 17.5 Å². The maximum atomic E-state index is 13.0. The van der Waals surface area contributed by atoms with Crippen molar-refractivity contribution in [2.24, 2.45) is 0 Å². The number of pyridine rings is 1. The molecule has 1 N–H and O–H groups in total. The Morgan fingerprint density at radius 1 is 1.03 bits per heavy atom. The zero-order valence-corrected chi connectivity index (χ0v) is 17.3. The van der Waals surface area contributed by atoms with Crippen LogP contribution >= 0.6 is 0 Å². The molecule has 0 spiro atoms. The van der Waals surface area contributed by atoms with Gasteiger partial charge in [-0.3, -0.25) is 9.78 Å². The van der Waals surface area contributed by atoms with Crippen molar-refractivity contribution in [2.45, 2.75) is 33.3 Å². The van der Waals surface area contributed by atoms with Gasteiger partial charge in [0.25, 0.3) is 5.91 Å². The van der Waals surface area contributed by atoms with E-state index >= 15 is 0 Å². The predicted octanol–water partition coefficient (Wildman–Crippen LogP) is 6.06. The zero-order valence-electron chi connectivity index (χ0n) is 17.3. The van der Waals surface area contributed by atoms with Gasteiger partial charge in [-0.05, 0) is 80.9 Å². The summed E-state index contributed by atoms with van der Waals surface area (Å²) in [5.41, 5.74) is 2.59. The number of amides is 1. The number of halogens is 1. The van der Waals surface area contributed by atoms with Crippen LogP contribution in [-0.2, 0) is 4.74 Å². The van der Waals surface area contributed by atoms with E-state index in [0.717, 1.165) is 12.1 Å². The summed E-state index contributed by atoms with van der Waals surface area (Å²) in [5, 5.41) is 2.87. The third-order valence-electron chi connectivity index (χ3n) is 4.50. The van der Waals surface area contributed by atoms with Crippen LogP contribution < -0.4 is 10.1 Å². The first-order valence-electron chi connectivity index (χ1n) is 9.90. The third kappa shape index (κ3) is 5.64. The van der Waals surface area contributed by atoms with Crippen LogP contribution in [0.4, 0.5) is 10.1 Å². The minimum Gasteiger partial charge on any atom is -0.457 e. The van der Waals surface area contributed by atoms with Crippen LogP contribution in [0, 0.1) is 12.7 Å². The van der Waals surface area contributed by atoms with Crippen LogP contribution in [0.2, 0.25) is 0 Å². The molecular formula is C24H25FN2O3. The van der Waals surface area contributed by atoms with Crippen LogP contribution in [0.1, 0.15) is 48.1 Å². The molecule has 6 heteroatoms. The second-order valence-corrected chi connectivity index (χ2v) is 6.92. The van der Waals surface area contributed by atoms with E-state index in [0.29, 0.717) is 35.1 Å². The Morgan fingerprint density at radius 2 is 1.67 bits per heavy atom. The highest BCUT2D eigenvalue weighted by atomic mass is 19.1. The molecule has 0 saturated heterocycles. The molecule has 1 amide bonds. The lowest BCUT2D eigenvalue weighted by Crippen LogP contribution is -2.15. The molecule has 2 aromatic carbocycles. The summed E-state index contributed by atoms with van der Waals surface area (Å²) in [6.07, 6.45) is 0.826. The van der Waals surface area contributed by atoms with Crippen molar-refractivity contribution in [1.29, 1.82) is 0 Å². The molecule has 0 aliphatic heterocycles. The van der Waals surface area contributed by atoms with Gasteiger partial charge in [-0.25, -0.2) is 4.39 Å². The minimum absolute atomic E-state index is 0.116. The summed E-state index contributed by atoms with van der Waals surface area (Å²) in [6, 6.07) is 16.3. The highest BCUT2D eigenvalue weighted by Gasteiger charge is 2.14. The number of ether oxygens (including phenoxy) is 2. The number of hydrogen-bond donors (Lipinski definition) is 1. The number of rotatable bonds is 8. The Bertz CT molecular complexity index is 988. The fourth-order valence-electron chi connectivity index (χ4n) is 2.87. The summed E-state index contributed by atoms with van der Waals surface area (Å²) in [6.45, 7) is 6.49. The fraction of sp³-hybridized carbons (Fsp3) is 0.250. The van der Waals surface area contributed by atoms with Crippen LogP contribution in [0.5, 0.6) is 11.5 Å². The summed E-state index contributed by atoms with van der Waals surface area (Å²) >= 11 is 0. The maximum absolute atomic E-state index is 13.0. The van der Waals surface area contributed by atoms with Crippen molar-refractivity contribution < 1.29 is 18.7 Å². The normalized spacial score (nSPS) is 11.7. The number of hydrogen-bond acceptors (Lipinski definition) is 4. The van der Waals surface area contributed by atoms with Gasteiger partial charge in [0.2, 0.25) is 0 Å². The van der Waals surface area contributed by atoms with E-state index in [1.807, 2.05) is 19.9 Å². The standard InChI is InChI=1S/C24H25FN2O3/c1-4-15-29-17(3)23-14-13-22(16(2)26-23)24(28)27-19-7-11-21(12-8-19)30-20-9-5-18(25)6-10-20/h5-14,17H,4,15H2,1-3H3,(H,27,28). The first-order chi connectivity index (χ1) is 14.5. The van der Waals surface area contributed by atoms with Gasteiger partial charge in [0, 0.05) is 12.3 Å². The van der Waals surface area contributed by atoms with Crippen molar-refractivity contribution >= 4 is 11.6 Å². The molecule has 0 saturated carbocycles. The Balaban J connectivity index is 1.63. The van der Waals surface area contributed by atoms with Gasteiger partial charge in [0.15, 0.2) is 0 Å². The topological polar surface area (TPSA) is 60.5 Å². The fourth-order valence-corrected chi connectivity index (χ4v) is 2.87. The van der Waals surface area contributed by atoms with E-state index in [2.05, 4.69) is 17.2 Å². The number of aromatic nitrogens is 1. The van der Waals surface area contributed by atoms with Crippen molar-refractivity contribution in [2.75, 3.05) is 11.9 Å². The van der Waals surface area contributed by atoms with Gasteiger partial charge < -0.3 is 14.8 Å². The van der Waals surface area contributed by atoms with Crippen molar-refractivity contribution in [3.63, 3.8) is 0 Å². The monoisotopic (exact) mass is 408 g/mol. The highest BCUT2D eigenvalue weighted by Crippen LogP contribution is 2.24. The molecule has 30 heavy (non-hydrogen) atoms. The number of carbonyl (C=O) groups excluding carboxylic acids is 1. The summed E-state index contributed by atoms with van der Waals surface area (Å²) in [7, 11) is 0. The molecule has 1 aromatic heterocycles. The first kappa shape index (κ1) is 21.5. The Hall–Kier alpha value is -3.25. The molecule has 0 bridgehead atoms. The van der Waals surface area contributed by atoms with Crippen LogP contribution in [0.15, 0.2) is 60.7 Å². The molecule has 0 radical (unpaired) electrons. The molecule has 0 aliphatic rings. The largest absolute Gasteiger partial charge is 0.457 e. The van der Waals surface area contributed by atoms with E-state index in [1.165, 1.54) is 12.1 Å². The summed E-state index contributed by atoms with van der Waals surface area (Å²) in [4.78, 5) is 17.2. The summed E-state index contributed by atoms with van der Waals surface area (Å²) < 4.78 is 24.3. The van der Waals surface area contributed by atoms with Gasteiger partial charge in [0.1, 0.15) is 17.3 Å². The average molecular weight is 408 g/mol. The van der Waals surface area contributed by atoms with E-state index in [9.17, 15) is 9.18 Å². The number of benzene rings is 2. The lowest BCUT2D eigenvalue weighted by atomic mass is 10.1. The van der Waals surface area contributed by atoms with Crippen LogP contribution in [0.25, 0.3) is 0 Å². The molecule has 3 rings (SSSR count). The van der Waals surface area contributed by atoms with Crippen molar-refractivity contribution in [3.8, 4) is 11.5 Å². The van der Waals surface area contributed by atoms with Crippen molar-refractivity contribution in [1.82, 2.24) is 4.98 Å². The van der Waals surface area contributed by atoms with Gasteiger partial charge >= 0.3 is 0 Å². The number of nitrogens with one attached hydrogen (secondary N) is 1. The SMILES string of the molecule is CCCOC(C)c1ccc(C(=O)Nc2ccc(Oc3ccc(F)cc3)cc2)c(C)n1. The molecular weight excluding hydrogens is 383 g/mol. The van der Waals surface area contributed by atoms with Crippen molar-refractivity contribution in [3.05, 3.63) is 83.4 Å². The predicted molar refractivity (Wildman–Crippen MR) is 115 cm³/mol. The van der Waals surface area contributed by atoms with E-state index in [1.54, 1.807) is 42.5 Å². The second kappa shape index (κ2) is 9.98. The number of anilines is 1. The molecule has 0 aliphatic carbocycles. The Morgan fingerprint density at radius 3 is 2.27 bits per heavy atom. The van der Waals surface area contributed by atoms with Crippen LogP contribution in [0.3, 0.4) is 0 Å². The van der Waals surface area contributed by atoms with Gasteiger partial charge in [-0.2, -0.15) is 0 Å².